The third kappa shape index (κ3) is 5.45. The summed E-state index contributed by atoms with van der Waals surface area (Å²) in [6, 6.07) is 12.3. The molecule has 0 saturated heterocycles. The summed E-state index contributed by atoms with van der Waals surface area (Å²) < 4.78 is 41.0. The fourth-order valence-electron chi connectivity index (χ4n) is 2.41. The molecule has 0 aliphatic heterocycles. The molecule has 0 unspecified atom stereocenters. The first-order valence-corrected chi connectivity index (χ1v) is 10.9. The topological polar surface area (TPSA) is 73.3 Å². The van der Waals surface area contributed by atoms with Crippen molar-refractivity contribution in [1.29, 1.82) is 0 Å². The summed E-state index contributed by atoms with van der Waals surface area (Å²) in [6.45, 7) is -0.00711. The lowest BCUT2D eigenvalue weighted by Crippen LogP contribution is -2.07. The van der Waals surface area contributed by atoms with Gasteiger partial charge in [0.2, 0.25) is 0 Å². The molecule has 0 bridgehead atoms. The average Bonchev–Trinajstić information content (AvgIpc) is 3.08. The summed E-state index contributed by atoms with van der Waals surface area (Å²) in [5.41, 5.74) is 2.18. The van der Waals surface area contributed by atoms with E-state index in [1.165, 1.54) is 29.5 Å². The van der Waals surface area contributed by atoms with E-state index in [1.54, 1.807) is 35.7 Å². The Hall–Kier alpha value is -2.58. The minimum atomic E-state index is -3.19. The van der Waals surface area contributed by atoms with Gasteiger partial charge in [0, 0.05) is 17.2 Å². The van der Waals surface area contributed by atoms with Gasteiger partial charge in [-0.25, -0.2) is 22.6 Å². The Balaban J connectivity index is 1.64. The molecule has 0 radical (unpaired) electrons. The van der Waals surface area contributed by atoms with Crippen LogP contribution in [0.4, 0.5) is 4.39 Å². The molecule has 0 aliphatic rings. The van der Waals surface area contributed by atoms with E-state index in [4.69, 9.17) is 4.74 Å². The van der Waals surface area contributed by atoms with Crippen LogP contribution in [0.25, 0.3) is 10.6 Å². The summed E-state index contributed by atoms with van der Waals surface area (Å²) >= 11 is 1.37. The molecule has 27 heavy (non-hydrogen) atoms. The zero-order valence-corrected chi connectivity index (χ0v) is 16.0. The summed E-state index contributed by atoms with van der Waals surface area (Å²) in [4.78, 5) is 16.6. The Morgan fingerprint density at radius 3 is 2.63 bits per heavy atom. The van der Waals surface area contributed by atoms with Gasteiger partial charge < -0.3 is 4.74 Å². The second-order valence-electron chi connectivity index (χ2n) is 6.00. The molecule has 0 spiro atoms. The van der Waals surface area contributed by atoms with Crippen molar-refractivity contribution < 1.29 is 22.3 Å². The molecule has 140 valence electrons. The molecule has 3 aromatic rings. The summed E-state index contributed by atoms with van der Waals surface area (Å²) in [5, 5.41) is 2.47. The standard InChI is InChI=1S/C19H16FNO4S2/c1-27(23,24)12-13-3-2-4-15(9-13)19(22)25-10-17-11-26-18(21-17)14-5-7-16(20)8-6-14/h2-9,11H,10,12H2,1H3. The number of hydrogen-bond acceptors (Lipinski definition) is 6. The average molecular weight is 405 g/mol. The van der Waals surface area contributed by atoms with Crippen molar-refractivity contribution in [3.8, 4) is 10.6 Å². The summed E-state index contributed by atoms with van der Waals surface area (Å²) in [7, 11) is -3.19. The maximum Gasteiger partial charge on any atom is 0.338 e. The zero-order chi connectivity index (χ0) is 19.4. The van der Waals surface area contributed by atoms with E-state index in [9.17, 15) is 17.6 Å². The van der Waals surface area contributed by atoms with E-state index in [-0.39, 0.29) is 23.7 Å². The second kappa shape index (κ2) is 7.98. The van der Waals surface area contributed by atoms with E-state index in [2.05, 4.69) is 4.98 Å². The van der Waals surface area contributed by atoms with Gasteiger partial charge in [0.15, 0.2) is 9.84 Å². The van der Waals surface area contributed by atoms with E-state index in [1.807, 2.05) is 0 Å². The van der Waals surface area contributed by atoms with Crippen molar-refractivity contribution in [2.24, 2.45) is 0 Å². The number of benzene rings is 2. The van der Waals surface area contributed by atoms with E-state index in [0.717, 1.165) is 11.8 Å². The second-order valence-corrected chi connectivity index (χ2v) is 9.00. The minimum Gasteiger partial charge on any atom is -0.456 e. The fourth-order valence-corrected chi connectivity index (χ4v) is 4.01. The van der Waals surface area contributed by atoms with Crippen molar-refractivity contribution in [2.45, 2.75) is 12.4 Å². The SMILES string of the molecule is CS(=O)(=O)Cc1cccc(C(=O)OCc2csc(-c3ccc(F)cc3)n2)c1. The molecular weight excluding hydrogens is 389 g/mol. The van der Waals surface area contributed by atoms with Gasteiger partial charge in [0.25, 0.3) is 0 Å². The van der Waals surface area contributed by atoms with Crippen LogP contribution in [0.2, 0.25) is 0 Å². The Labute approximate surface area is 160 Å². The number of carbonyl (C=O) groups is 1. The van der Waals surface area contributed by atoms with Crippen LogP contribution in [0.15, 0.2) is 53.9 Å². The normalized spacial score (nSPS) is 11.3. The molecule has 0 N–H and O–H groups in total. The molecule has 1 heterocycles. The maximum atomic E-state index is 13.0. The molecular formula is C19H16FNO4S2. The number of carbonyl (C=O) groups excluding carboxylic acids is 1. The van der Waals surface area contributed by atoms with E-state index < -0.39 is 15.8 Å². The number of thiazole rings is 1. The van der Waals surface area contributed by atoms with Gasteiger partial charge in [0.05, 0.1) is 17.0 Å². The van der Waals surface area contributed by atoms with Gasteiger partial charge in [-0.3, -0.25) is 0 Å². The molecule has 0 aliphatic carbocycles. The van der Waals surface area contributed by atoms with Crippen molar-refractivity contribution in [2.75, 3.05) is 6.26 Å². The number of sulfone groups is 1. The van der Waals surface area contributed by atoms with Crippen LogP contribution in [0.5, 0.6) is 0 Å². The lowest BCUT2D eigenvalue weighted by atomic mass is 10.1. The largest absolute Gasteiger partial charge is 0.456 e. The highest BCUT2D eigenvalue weighted by Crippen LogP contribution is 2.24. The van der Waals surface area contributed by atoms with Crippen LogP contribution < -0.4 is 0 Å². The predicted molar refractivity (Wildman–Crippen MR) is 102 cm³/mol. The van der Waals surface area contributed by atoms with Gasteiger partial charge in [-0.2, -0.15) is 0 Å². The molecule has 3 rings (SSSR count). The molecule has 0 fully saturated rings. The van der Waals surface area contributed by atoms with Gasteiger partial charge in [-0.05, 0) is 42.0 Å². The molecule has 0 amide bonds. The third-order valence-electron chi connectivity index (χ3n) is 3.59. The number of aromatic nitrogens is 1. The van der Waals surface area contributed by atoms with Crippen molar-refractivity contribution in [3.63, 3.8) is 0 Å². The Kier molecular flexibility index (Phi) is 5.67. The van der Waals surface area contributed by atoms with Crippen LogP contribution in [-0.4, -0.2) is 25.6 Å². The molecule has 5 nitrogen and oxygen atoms in total. The van der Waals surface area contributed by atoms with Crippen molar-refractivity contribution >= 4 is 27.1 Å². The minimum absolute atomic E-state index is 0.00711. The van der Waals surface area contributed by atoms with Crippen LogP contribution in [0.1, 0.15) is 21.6 Å². The highest BCUT2D eigenvalue weighted by Gasteiger charge is 2.12. The molecule has 1 aromatic heterocycles. The number of esters is 1. The lowest BCUT2D eigenvalue weighted by Gasteiger charge is -2.05. The molecule has 8 heteroatoms. The van der Waals surface area contributed by atoms with Gasteiger partial charge in [0.1, 0.15) is 17.4 Å². The Bertz CT molecular complexity index is 1060. The first-order valence-electron chi connectivity index (χ1n) is 7.94. The lowest BCUT2D eigenvalue weighted by molar-refractivity contribution is 0.0468. The van der Waals surface area contributed by atoms with Crippen molar-refractivity contribution in [3.05, 3.63) is 76.5 Å². The highest BCUT2D eigenvalue weighted by molar-refractivity contribution is 7.89. The van der Waals surface area contributed by atoms with E-state index >= 15 is 0 Å². The van der Waals surface area contributed by atoms with Gasteiger partial charge >= 0.3 is 5.97 Å². The van der Waals surface area contributed by atoms with Crippen LogP contribution >= 0.6 is 11.3 Å². The smallest absolute Gasteiger partial charge is 0.338 e. The van der Waals surface area contributed by atoms with Gasteiger partial charge in [-0.1, -0.05) is 12.1 Å². The summed E-state index contributed by atoms with van der Waals surface area (Å²) in [6.07, 6.45) is 1.14. The monoisotopic (exact) mass is 405 g/mol. The number of rotatable bonds is 6. The van der Waals surface area contributed by atoms with Crippen molar-refractivity contribution in [1.82, 2.24) is 4.98 Å². The number of nitrogens with zero attached hydrogens (tertiary/aromatic N) is 1. The summed E-state index contributed by atoms with van der Waals surface area (Å²) in [5.74, 6) is -1.01. The number of hydrogen-bond donors (Lipinski definition) is 0. The Morgan fingerprint density at radius 1 is 1.19 bits per heavy atom. The third-order valence-corrected chi connectivity index (χ3v) is 5.38. The van der Waals surface area contributed by atoms with E-state index in [0.29, 0.717) is 16.3 Å². The molecule has 2 aromatic carbocycles. The van der Waals surface area contributed by atoms with Crippen LogP contribution in [-0.2, 0) is 26.9 Å². The molecule has 0 saturated carbocycles. The van der Waals surface area contributed by atoms with Crippen LogP contribution in [0, 0.1) is 5.82 Å². The van der Waals surface area contributed by atoms with Gasteiger partial charge in [-0.15, -0.1) is 11.3 Å². The first kappa shape index (κ1) is 19.2. The number of halogens is 1. The zero-order valence-electron chi connectivity index (χ0n) is 14.4. The van der Waals surface area contributed by atoms with Crippen LogP contribution in [0.3, 0.4) is 0 Å². The quantitative estimate of drug-likeness (QED) is 0.583. The Morgan fingerprint density at radius 2 is 1.93 bits per heavy atom. The first-order chi connectivity index (χ1) is 12.8. The highest BCUT2D eigenvalue weighted by atomic mass is 32.2. The maximum absolute atomic E-state index is 13.0. The number of ether oxygens (including phenoxy) is 1. The predicted octanol–water partition coefficient (Wildman–Crippen LogP) is 3.85. The fraction of sp³-hybridized carbons (Fsp3) is 0.158. The molecule has 0 atom stereocenters.